The molecule has 0 aliphatic carbocycles. The van der Waals surface area contributed by atoms with Crippen molar-refractivity contribution < 1.29 is 9.47 Å². The van der Waals surface area contributed by atoms with Crippen LogP contribution in [0.1, 0.15) is 39.1 Å². The second-order valence-electron chi connectivity index (χ2n) is 14.2. The predicted molar refractivity (Wildman–Crippen MR) is 198 cm³/mol. The molecule has 7 nitrogen and oxygen atoms in total. The van der Waals surface area contributed by atoms with Crippen LogP contribution in [-0.2, 0) is 9.47 Å². The molecule has 3 aromatic heterocycles. The van der Waals surface area contributed by atoms with Gasteiger partial charge in [0.1, 0.15) is 24.6 Å². The Hall–Kier alpha value is -5.82. The highest BCUT2D eigenvalue weighted by atomic mass is 16.5. The van der Waals surface area contributed by atoms with Crippen molar-refractivity contribution in [1.82, 2.24) is 14.5 Å². The lowest BCUT2D eigenvalue weighted by atomic mass is 9.95. The number of ether oxygens (including phenoxy) is 2. The van der Waals surface area contributed by atoms with Crippen LogP contribution in [0.4, 0.5) is 0 Å². The van der Waals surface area contributed by atoms with E-state index in [4.69, 9.17) is 29.4 Å². The largest absolute Gasteiger partial charge is 0.474 e. The molecule has 0 fully saturated rings. The maximum atomic E-state index is 5.87. The first-order valence-electron chi connectivity index (χ1n) is 16.7. The molecule has 0 spiro atoms. The number of fused-ring (bicyclic) bond motifs is 5. The van der Waals surface area contributed by atoms with Gasteiger partial charge in [0.15, 0.2) is 0 Å². The fourth-order valence-corrected chi connectivity index (χ4v) is 6.95. The molecule has 0 atom stereocenters. The van der Waals surface area contributed by atoms with Crippen LogP contribution >= 0.6 is 0 Å². The number of pyridine rings is 2. The van der Waals surface area contributed by atoms with E-state index in [1.54, 1.807) is 0 Å². The summed E-state index contributed by atoms with van der Waals surface area (Å²) in [6.45, 7) is 9.39. The smallest absolute Gasteiger partial charge is 0.236 e. The third kappa shape index (κ3) is 5.05. The van der Waals surface area contributed by atoms with E-state index in [0.717, 1.165) is 50.4 Å². The molecule has 0 amide bonds. The van der Waals surface area contributed by atoms with Gasteiger partial charge in [0.2, 0.25) is 11.8 Å². The van der Waals surface area contributed by atoms with E-state index in [9.17, 15) is 0 Å². The maximum Gasteiger partial charge on any atom is 0.236 e. The Labute approximate surface area is 284 Å². The van der Waals surface area contributed by atoms with Crippen LogP contribution in [-0.4, -0.2) is 50.6 Å². The van der Waals surface area contributed by atoms with Gasteiger partial charge in [-0.15, -0.1) is 0 Å². The minimum Gasteiger partial charge on any atom is -0.474 e. The van der Waals surface area contributed by atoms with Crippen LogP contribution in [0, 0.1) is 0 Å². The zero-order valence-electron chi connectivity index (χ0n) is 27.9. The molecule has 0 unspecified atom stereocenters. The zero-order valence-corrected chi connectivity index (χ0v) is 27.9. The number of nitrogens with zero attached hydrogens (tertiary/aromatic N) is 5. The first-order valence-corrected chi connectivity index (χ1v) is 16.7. The van der Waals surface area contributed by atoms with Crippen LogP contribution in [0.5, 0.6) is 0 Å². The van der Waals surface area contributed by atoms with Gasteiger partial charge in [-0.25, -0.2) is 9.98 Å². The van der Waals surface area contributed by atoms with E-state index in [0.29, 0.717) is 25.0 Å². The number of aliphatic imine (C=N–C) groups is 2. The lowest BCUT2D eigenvalue weighted by Gasteiger charge is -2.12. The average Bonchev–Trinajstić information content (AvgIpc) is 3.79. The fourth-order valence-electron chi connectivity index (χ4n) is 6.95. The number of rotatable bonds is 5. The van der Waals surface area contributed by atoms with Gasteiger partial charge in [-0.2, -0.15) is 0 Å². The third-order valence-corrected chi connectivity index (χ3v) is 9.33. The molecule has 2 aliphatic rings. The first kappa shape index (κ1) is 29.3. The minimum atomic E-state index is -0.237. The summed E-state index contributed by atoms with van der Waals surface area (Å²) >= 11 is 0. The van der Waals surface area contributed by atoms with Crippen molar-refractivity contribution in [1.29, 1.82) is 0 Å². The van der Waals surface area contributed by atoms with Crippen molar-refractivity contribution in [3.63, 3.8) is 0 Å². The van der Waals surface area contributed by atoms with Gasteiger partial charge in [-0.3, -0.25) is 9.97 Å². The van der Waals surface area contributed by atoms with E-state index < -0.39 is 0 Å². The zero-order chi connectivity index (χ0) is 33.3. The van der Waals surface area contributed by atoms with Crippen LogP contribution in [0.2, 0.25) is 0 Å². The predicted octanol–water partition coefficient (Wildman–Crippen LogP) is 9.17. The van der Waals surface area contributed by atoms with E-state index in [1.807, 2.05) is 24.5 Å². The summed E-state index contributed by atoms with van der Waals surface area (Å²) in [6.07, 6.45) is 3.85. The molecule has 5 heterocycles. The lowest BCUT2D eigenvalue weighted by molar-refractivity contribution is 0.279. The molecule has 9 rings (SSSR count). The van der Waals surface area contributed by atoms with Crippen LogP contribution < -0.4 is 0 Å². The van der Waals surface area contributed by atoms with Crippen LogP contribution in [0.3, 0.4) is 0 Å². The van der Waals surface area contributed by atoms with E-state index in [-0.39, 0.29) is 11.1 Å². The van der Waals surface area contributed by atoms with Crippen LogP contribution in [0.15, 0.2) is 126 Å². The Morgan fingerprint density at radius 3 is 1.73 bits per heavy atom. The Morgan fingerprint density at radius 1 is 0.551 bits per heavy atom. The van der Waals surface area contributed by atoms with Gasteiger partial charge in [0.25, 0.3) is 0 Å². The van der Waals surface area contributed by atoms with Crippen molar-refractivity contribution in [3.8, 4) is 27.9 Å². The standard InChI is InChI=1S/C42H35N5O2/c1-41(2)24-48-39(45-41)34-18-15-27(22-43-34)26-14-17-32-36(20-26)47(29-10-6-5-7-11-29)37-21-33(30-12-8-9-13-31(30)38(32)37)28-16-19-35(44-23-28)40-46-42(3,4)25-49-40/h5-23H,24-25H2,1-4H3. The maximum absolute atomic E-state index is 5.87. The number of para-hydroxylation sites is 1. The Balaban J connectivity index is 1.22. The van der Waals surface area contributed by atoms with E-state index in [2.05, 4.69) is 123 Å². The molecule has 240 valence electrons. The fraction of sp³-hybridized carbons (Fsp3) is 0.190. The van der Waals surface area contributed by atoms with Crippen molar-refractivity contribution in [2.24, 2.45) is 9.98 Å². The van der Waals surface area contributed by atoms with Crippen molar-refractivity contribution in [3.05, 3.63) is 127 Å². The monoisotopic (exact) mass is 641 g/mol. The van der Waals surface area contributed by atoms with Gasteiger partial charge in [0, 0.05) is 40.0 Å². The molecule has 4 aromatic carbocycles. The summed E-state index contributed by atoms with van der Waals surface area (Å²) < 4.78 is 14.1. The molecular formula is C42H35N5O2. The number of hydrogen-bond acceptors (Lipinski definition) is 6. The second kappa shape index (κ2) is 10.9. The van der Waals surface area contributed by atoms with Gasteiger partial charge < -0.3 is 14.0 Å². The first-order chi connectivity index (χ1) is 23.7. The molecule has 0 saturated carbocycles. The summed E-state index contributed by atoms with van der Waals surface area (Å²) in [5, 5.41) is 4.79. The topological polar surface area (TPSA) is 73.9 Å². The Bertz CT molecular complexity index is 2470. The quantitative estimate of drug-likeness (QED) is 0.188. The highest BCUT2D eigenvalue weighted by Gasteiger charge is 2.29. The minimum absolute atomic E-state index is 0.229. The van der Waals surface area contributed by atoms with Crippen LogP contribution in [0.25, 0.3) is 60.5 Å². The molecule has 2 aliphatic heterocycles. The third-order valence-electron chi connectivity index (χ3n) is 9.33. The highest BCUT2D eigenvalue weighted by Crippen LogP contribution is 2.42. The highest BCUT2D eigenvalue weighted by molar-refractivity contribution is 6.24. The van der Waals surface area contributed by atoms with Gasteiger partial charge >= 0.3 is 0 Å². The molecule has 0 bridgehead atoms. The van der Waals surface area contributed by atoms with Crippen molar-refractivity contribution >= 4 is 44.4 Å². The normalized spacial score (nSPS) is 16.5. The van der Waals surface area contributed by atoms with Crippen molar-refractivity contribution in [2.45, 2.75) is 38.8 Å². The lowest BCUT2D eigenvalue weighted by Crippen LogP contribution is -2.17. The molecule has 0 saturated heterocycles. The van der Waals surface area contributed by atoms with Gasteiger partial charge in [-0.05, 0) is 86.0 Å². The molecule has 0 N–H and O–H groups in total. The molecule has 7 heteroatoms. The summed E-state index contributed by atoms with van der Waals surface area (Å²) in [4.78, 5) is 19.0. The molecule has 49 heavy (non-hydrogen) atoms. The molecule has 7 aromatic rings. The summed E-state index contributed by atoms with van der Waals surface area (Å²) in [7, 11) is 0. The summed E-state index contributed by atoms with van der Waals surface area (Å²) in [6, 6.07) is 36.5. The SMILES string of the molecule is CC1(C)COC(c2ccc(-c3ccc4c5c6ccccc6c(-c6ccc(C7=NC(C)(C)CO7)nc6)cc5n(-c5ccccc5)c4c3)cn2)=N1. The van der Waals surface area contributed by atoms with Gasteiger partial charge in [-0.1, -0.05) is 66.7 Å². The molecular weight excluding hydrogens is 606 g/mol. The second-order valence-corrected chi connectivity index (χ2v) is 14.2. The van der Waals surface area contributed by atoms with E-state index >= 15 is 0 Å². The molecule has 0 radical (unpaired) electrons. The Kier molecular flexibility index (Phi) is 6.50. The average molecular weight is 642 g/mol. The Morgan fingerprint density at radius 2 is 1.14 bits per heavy atom. The van der Waals surface area contributed by atoms with E-state index in [1.165, 1.54) is 21.5 Å². The number of aromatic nitrogens is 3. The number of hydrogen-bond donors (Lipinski definition) is 0. The van der Waals surface area contributed by atoms with Crippen molar-refractivity contribution in [2.75, 3.05) is 13.2 Å². The number of benzene rings is 4. The van der Waals surface area contributed by atoms with Gasteiger partial charge in [0.05, 0.1) is 22.1 Å². The summed E-state index contributed by atoms with van der Waals surface area (Å²) in [5.74, 6) is 1.21. The summed E-state index contributed by atoms with van der Waals surface area (Å²) in [5.41, 5.74) is 8.68.